The lowest BCUT2D eigenvalue weighted by Crippen LogP contribution is -2.47. The maximum absolute atomic E-state index is 12.0. The quantitative estimate of drug-likeness (QED) is 0.489. The fourth-order valence-corrected chi connectivity index (χ4v) is 4.68. The summed E-state index contributed by atoms with van der Waals surface area (Å²) in [6.07, 6.45) is 3.13. The first-order chi connectivity index (χ1) is 17.2. The highest BCUT2D eigenvalue weighted by molar-refractivity contribution is 5.71. The summed E-state index contributed by atoms with van der Waals surface area (Å²) in [6.45, 7) is 11.2. The number of esters is 1. The number of carbonyl (C=O) groups is 1. The maximum atomic E-state index is 12.0. The number of carbonyl (C=O) groups excluding carboxylic acids is 1. The Morgan fingerprint density at radius 1 is 1.19 bits per heavy atom. The number of rotatable bonds is 10. The minimum absolute atomic E-state index is 0.124. The van der Waals surface area contributed by atoms with Gasteiger partial charge < -0.3 is 25.0 Å². The average Bonchev–Trinajstić information content (AvgIpc) is 2.86. The highest BCUT2D eigenvalue weighted by Gasteiger charge is 2.27. The normalized spacial score (nSPS) is 15.7. The summed E-state index contributed by atoms with van der Waals surface area (Å²) in [7, 11) is 0. The Balaban J connectivity index is 1.72. The molecule has 7 heteroatoms. The molecule has 2 aromatic rings. The molecule has 7 nitrogen and oxygen atoms in total. The third-order valence-corrected chi connectivity index (χ3v) is 6.50. The number of hydrogen-bond donors (Lipinski definition) is 1. The molecule has 2 N–H and O–H groups in total. The molecule has 0 amide bonds. The highest BCUT2D eigenvalue weighted by Crippen LogP contribution is 2.29. The van der Waals surface area contributed by atoms with Gasteiger partial charge in [-0.15, -0.1) is 0 Å². The van der Waals surface area contributed by atoms with Crippen molar-refractivity contribution in [2.75, 3.05) is 31.1 Å². The van der Waals surface area contributed by atoms with Crippen molar-refractivity contribution < 1.29 is 14.3 Å². The summed E-state index contributed by atoms with van der Waals surface area (Å²) in [5.74, 6) is 0.239. The number of benzene rings is 2. The molecular formula is C29H40N4O3. The van der Waals surface area contributed by atoms with Crippen LogP contribution in [0.25, 0.3) is 0 Å². The van der Waals surface area contributed by atoms with E-state index in [4.69, 9.17) is 15.2 Å². The number of hydrogen-bond acceptors (Lipinski definition) is 7. The molecule has 1 fully saturated rings. The number of nitrogens with zero attached hydrogens (tertiary/aromatic N) is 3. The smallest absolute Gasteiger partial charge is 0.344 e. The summed E-state index contributed by atoms with van der Waals surface area (Å²) >= 11 is 0. The van der Waals surface area contributed by atoms with E-state index in [0.717, 1.165) is 50.1 Å². The molecule has 0 saturated carbocycles. The molecule has 3 rings (SSSR count). The Bertz CT molecular complexity index is 1020. The Morgan fingerprint density at radius 2 is 1.89 bits per heavy atom. The summed E-state index contributed by atoms with van der Waals surface area (Å²) < 4.78 is 11.0. The molecule has 1 unspecified atom stereocenters. The largest absolute Gasteiger partial charge is 0.482 e. The summed E-state index contributed by atoms with van der Waals surface area (Å²) in [5.41, 5.74) is 8.12. The van der Waals surface area contributed by atoms with Crippen molar-refractivity contribution in [1.82, 2.24) is 4.90 Å². The Morgan fingerprint density at radius 3 is 2.50 bits per heavy atom. The third kappa shape index (κ3) is 8.25. The SMILES string of the molecule is CC(CCN)N1CCC(N(Cc2cccc(C#N)c2)c2ccc(OCC(=O)OC(C)(C)C)cc2)CC1. The molecule has 0 aromatic heterocycles. The Labute approximate surface area is 215 Å². The van der Waals surface area contributed by atoms with Crippen molar-refractivity contribution in [3.8, 4) is 11.8 Å². The molecule has 194 valence electrons. The molecule has 0 spiro atoms. The van der Waals surface area contributed by atoms with Crippen LogP contribution in [0.3, 0.4) is 0 Å². The van der Waals surface area contributed by atoms with E-state index in [9.17, 15) is 10.1 Å². The van der Waals surface area contributed by atoms with Crippen LogP contribution in [0, 0.1) is 11.3 Å². The minimum atomic E-state index is -0.536. The van der Waals surface area contributed by atoms with Gasteiger partial charge in [-0.2, -0.15) is 5.26 Å². The number of anilines is 1. The number of nitriles is 1. The molecule has 1 atom stereocenters. The van der Waals surface area contributed by atoms with Crippen LogP contribution in [0.5, 0.6) is 5.75 Å². The summed E-state index contributed by atoms with van der Waals surface area (Å²) in [4.78, 5) is 17.0. The van der Waals surface area contributed by atoms with Gasteiger partial charge in [-0.3, -0.25) is 0 Å². The average molecular weight is 493 g/mol. The van der Waals surface area contributed by atoms with Gasteiger partial charge >= 0.3 is 5.97 Å². The molecule has 0 aliphatic carbocycles. The predicted molar refractivity (Wildman–Crippen MR) is 143 cm³/mol. The van der Waals surface area contributed by atoms with Gasteiger partial charge in [-0.1, -0.05) is 12.1 Å². The summed E-state index contributed by atoms with van der Waals surface area (Å²) in [5, 5.41) is 9.34. The van der Waals surface area contributed by atoms with Crippen LogP contribution in [0.15, 0.2) is 48.5 Å². The van der Waals surface area contributed by atoms with Crippen molar-refractivity contribution >= 4 is 11.7 Å². The molecule has 1 aliphatic rings. The van der Waals surface area contributed by atoms with Crippen molar-refractivity contribution in [3.63, 3.8) is 0 Å². The zero-order valence-electron chi connectivity index (χ0n) is 22.1. The van der Waals surface area contributed by atoms with Crippen molar-refractivity contribution in [2.45, 2.75) is 71.2 Å². The first kappa shape index (κ1) is 27.5. The fourth-order valence-electron chi connectivity index (χ4n) is 4.68. The maximum Gasteiger partial charge on any atom is 0.344 e. The van der Waals surface area contributed by atoms with E-state index in [2.05, 4.69) is 28.9 Å². The lowest BCUT2D eigenvalue weighted by molar-refractivity contribution is -0.157. The van der Waals surface area contributed by atoms with Crippen molar-refractivity contribution in [1.29, 1.82) is 5.26 Å². The van der Waals surface area contributed by atoms with Crippen molar-refractivity contribution in [3.05, 3.63) is 59.7 Å². The number of ether oxygens (including phenoxy) is 2. The lowest BCUT2D eigenvalue weighted by Gasteiger charge is -2.42. The van der Waals surface area contributed by atoms with Gasteiger partial charge in [0.05, 0.1) is 11.6 Å². The second kappa shape index (κ2) is 12.8. The first-order valence-corrected chi connectivity index (χ1v) is 12.8. The zero-order valence-corrected chi connectivity index (χ0v) is 22.1. The topological polar surface area (TPSA) is 91.8 Å². The monoisotopic (exact) mass is 492 g/mol. The van der Waals surface area contributed by atoms with Crippen LogP contribution in [-0.4, -0.2) is 54.8 Å². The molecule has 1 aliphatic heterocycles. The van der Waals surface area contributed by atoms with E-state index in [0.29, 0.717) is 29.9 Å². The van der Waals surface area contributed by atoms with Gasteiger partial charge in [0.2, 0.25) is 0 Å². The van der Waals surface area contributed by atoms with Crippen LogP contribution in [0.2, 0.25) is 0 Å². The molecular weight excluding hydrogens is 452 g/mol. The fraction of sp³-hybridized carbons (Fsp3) is 0.517. The second-order valence-corrected chi connectivity index (χ2v) is 10.5. The van der Waals surface area contributed by atoms with Gasteiger partial charge in [-0.05, 0) is 95.5 Å². The standard InChI is InChI=1S/C29H40N4O3/c1-22(12-15-30)32-16-13-26(14-17-32)33(20-24-7-5-6-23(18-24)19-31)25-8-10-27(11-9-25)35-21-28(34)36-29(2,3)4/h5-11,18,22,26H,12-17,20-21,30H2,1-4H3. The van der Waals surface area contributed by atoms with E-state index in [1.54, 1.807) is 0 Å². The van der Waals surface area contributed by atoms with E-state index >= 15 is 0 Å². The third-order valence-electron chi connectivity index (χ3n) is 6.50. The van der Waals surface area contributed by atoms with Crippen LogP contribution >= 0.6 is 0 Å². The number of nitrogens with two attached hydrogens (primary N) is 1. The Kier molecular flexibility index (Phi) is 9.74. The van der Waals surface area contributed by atoms with Gasteiger partial charge in [0.25, 0.3) is 0 Å². The van der Waals surface area contributed by atoms with E-state index in [1.165, 1.54) is 0 Å². The number of likely N-dealkylation sites (tertiary alicyclic amines) is 1. The molecule has 1 heterocycles. The molecule has 1 saturated heterocycles. The second-order valence-electron chi connectivity index (χ2n) is 10.5. The minimum Gasteiger partial charge on any atom is -0.482 e. The molecule has 0 bridgehead atoms. The first-order valence-electron chi connectivity index (χ1n) is 12.8. The van der Waals surface area contributed by atoms with E-state index in [1.807, 2.05) is 63.2 Å². The van der Waals surface area contributed by atoms with Crippen LogP contribution in [-0.2, 0) is 16.1 Å². The van der Waals surface area contributed by atoms with Gasteiger partial charge in [0.15, 0.2) is 6.61 Å². The lowest BCUT2D eigenvalue weighted by atomic mass is 9.99. The number of piperidine rings is 1. The van der Waals surface area contributed by atoms with Crippen LogP contribution in [0.4, 0.5) is 5.69 Å². The van der Waals surface area contributed by atoms with E-state index in [-0.39, 0.29) is 12.6 Å². The van der Waals surface area contributed by atoms with Crippen molar-refractivity contribution in [2.24, 2.45) is 5.73 Å². The molecule has 36 heavy (non-hydrogen) atoms. The predicted octanol–water partition coefficient (Wildman–Crippen LogP) is 4.49. The Hall–Kier alpha value is -3.08. The van der Waals surface area contributed by atoms with Gasteiger partial charge in [-0.25, -0.2) is 4.79 Å². The molecule has 0 radical (unpaired) electrons. The van der Waals surface area contributed by atoms with Gasteiger partial charge in [0, 0.05) is 37.4 Å². The van der Waals surface area contributed by atoms with Crippen LogP contribution in [0.1, 0.15) is 58.1 Å². The molecule has 2 aromatic carbocycles. The summed E-state index contributed by atoms with van der Waals surface area (Å²) in [6, 6.07) is 18.8. The van der Waals surface area contributed by atoms with E-state index < -0.39 is 5.60 Å². The van der Waals surface area contributed by atoms with Crippen LogP contribution < -0.4 is 15.4 Å². The van der Waals surface area contributed by atoms with Gasteiger partial charge in [0.1, 0.15) is 11.4 Å². The highest BCUT2D eigenvalue weighted by atomic mass is 16.6. The zero-order chi connectivity index (χ0) is 26.1.